The molecule has 0 N–H and O–H groups in total. The molecule has 7 heteroatoms. The average molecular weight is 462 g/mol. The summed E-state index contributed by atoms with van der Waals surface area (Å²) >= 11 is 0. The molecule has 2 aliphatic heterocycles. The molecule has 6 nitrogen and oxygen atoms in total. The van der Waals surface area contributed by atoms with Crippen molar-refractivity contribution in [2.75, 3.05) is 26.3 Å². The standard InChI is InChI=1S/C27H28FN3O3/c28-22-6-8-23(9-7-22)34-25-24(29-14-15-30-25)20-10-16-31(17-11-20)26(32)27(12-18-33-19-13-27)21-4-2-1-3-5-21/h1-9,14-15,20H,10-13,16-19H2. The number of ether oxygens (including phenoxy) is 2. The summed E-state index contributed by atoms with van der Waals surface area (Å²) in [6.45, 7) is 2.51. The molecule has 1 aromatic heterocycles. The number of rotatable bonds is 5. The molecule has 0 radical (unpaired) electrons. The van der Waals surface area contributed by atoms with Crippen LogP contribution >= 0.6 is 0 Å². The molecule has 0 bridgehead atoms. The van der Waals surface area contributed by atoms with Crippen LogP contribution in [0.4, 0.5) is 4.39 Å². The highest BCUT2D eigenvalue weighted by Crippen LogP contribution is 2.39. The monoisotopic (exact) mass is 461 g/mol. The summed E-state index contributed by atoms with van der Waals surface area (Å²) in [5.41, 5.74) is 1.34. The zero-order chi connectivity index (χ0) is 23.4. The first kappa shape index (κ1) is 22.5. The van der Waals surface area contributed by atoms with E-state index in [9.17, 15) is 9.18 Å². The Morgan fingerprint density at radius 1 is 0.971 bits per heavy atom. The van der Waals surface area contributed by atoms with Crippen LogP contribution in [0.1, 0.15) is 42.9 Å². The Morgan fingerprint density at radius 2 is 1.65 bits per heavy atom. The summed E-state index contributed by atoms with van der Waals surface area (Å²) in [4.78, 5) is 24.8. The second-order valence-electron chi connectivity index (χ2n) is 8.93. The summed E-state index contributed by atoms with van der Waals surface area (Å²) in [7, 11) is 0. The molecule has 2 aliphatic rings. The number of hydrogen-bond donors (Lipinski definition) is 0. The second kappa shape index (κ2) is 9.89. The van der Waals surface area contributed by atoms with E-state index in [1.165, 1.54) is 12.1 Å². The van der Waals surface area contributed by atoms with Gasteiger partial charge in [0.15, 0.2) is 0 Å². The highest BCUT2D eigenvalue weighted by Gasteiger charge is 2.44. The zero-order valence-electron chi connectivity index (χ0n) is 19.0. The molecule has 0 saturated carbocycles. The number of nitrogens with zero attached hydrogens (tertiary/aromatic N) is 3. The third kappa shape index (κ3) is 4.53. The van der Waals surface area contributed by atoms with Gasteiger partial charge in [0.1, 0.15) is 17.3 Å². The molecule has 5 rings (SSSR count). The van der Waals surface area contributed by atoms with Gasteiger partial charge in [-0.3, -0.25) is 9.78 Å². The molecular weight excluding hydrogens is 433 g/mol. The maximum atomic E-state index is 13.8. The van der Waals surface area contributed by atoms with E-state index in [0.29, 0.717) is 50.8 Å². The number of piperidine rings is 1. The molecule has 3 aromatic rings. The first-order valence-electron chi connectivity index (χ1n) is 11.8. The summed E-state index contributed by atoms with van der Waals surface area (Å²) in [5.74, 6) is 0.962. The van der Waals surface area contributed by atoms with E-state index in [0.717, 1.165) is 24.1 Å². The molecule has 0 unspecified atom stereocenters. The Morgan fingerprint density at radius 3 is 2.35 bits per heavy atom. The molecular formula is C27H28FN3O3. The minimum atomic E-state index is -0.518. The Balaban J connectivity index is 1.30. The number of benzene rings is 2. The minimum absolute atomic E-state index is 0.135. The lowest BCUT2D eigenvalue weighted by molar-refractivity contribution is -0.142. The van der Waals surface area contributed by atoms with Crippen molar-refractivity contribution >= 4 is 5.91 Å². The third-order valence-corrected chi connectivity index (χ3v) is 6.97. The molecule has 1 amide bonds. The number of hydrogen-bond acceptors (Lipinski definition) is 5. The number of carbonyl (C=O) groups excluding carboxylic acids is 1. The van der Waals surface area contributed by atoms with Crippen molar-refractivity contribution in [1.29, 1.82) is 0 Å². The third-order valence-electron chi connectivity index (χ3n) is 6.97. The van der Waals surface area contributed by atoms with Gasteiger partial charge in [-0.2, -0.15) is 0 Å². The van der Waals surface area contributed by atoms with Crippen molar-refractivity contribution in [1.82, 2.24) is 14.9 Å². The lowest BCUT2D eigenvalue weighted by Gasteiger charge is -2.42. The fourth-order valence-electron chi connectivity index (χ4n) is 5.07. The van der Waals surface area contributed by atoms with Crippen LogP contribution in [0.5, 0.6) is 11.6 Å². The summed E-state index contributed by atoms with van der Waals surface area (Å²) in [5, 5.41) is 0. The van der Waals surface area contributed by atoms with Crippen molar-refractivity contribution in [3.63, 3.8) is 0 Å². The summed E-state index contributed by atoms with van der Waals surface area (Å²) in [6, 6.07) is 16.0. The highest BCUT2D eigenvalue weighted by molar-refractivity contribution is 5.88. The van der Waals surface area contributed by atoms with E-state index in [4.69, 9.17) is 9.47 Å². The predicted molar refractivity (Wildman–Crippen MR) is 125 cm³/mol. The van der Waals surface area contributed by atoms with E-state index in [1.807, 2.05) is 23.1 Å². The Hall–Kier alpha value is -3.32. The quantitative estimate of drug-likeness (QED) is 0.543. The number of amides is 1. The Labute approximate surface area is 198 Å². The predicted octanol–water partition coefficient (Wildman–Crippen LogP) is 4.86. The van der Waals surface area contributed by atoms with Gasteiger partial charge in [0.25, 0.3) is 0 Å². The lowest BCUT2D eigenvalue weighted by Crippen LogP contribution is -2.51. The molecule has 0 spiro atoms. The SMILES string of the molecule is O=C(N1CCC(c2nccnc2Oc2ccc(F)cc2)CC1)C1(c2ccccc2)CCOCC1. The van der Waals surface area contributed by atoms with Crippen LogP contribution in [-0.4, -0.2) is 47.1 Å². The lowest BCUT2D eigenvalue weighted by atomic mass is 9.72. The molecule has 2 aromatic carbocycles. The highest BCUT2D eigenvalue weighted by atomic mass is 19.1. The van der Waals surface area contributed by atoms with Crippen LogP contribution in [0.25, 0.3) is 0 Å². The van der Waals surface area contributed by atoms with Crippen LogP contribution in [0.2, 0.25) is 0 Å². The van der Waals surface area contributed by atoms with Crippen molar-refractivity contribution in [2.45, 2.75) is 37.0 Å². The van der Waals surface area contributed by atoms with Crippen LogP contribution in [0.3, 0.4) is 0 Å². The molecule has 176 valence electrons. The molecule has 0 atom stereocenters. The summed E-state index contributed by atoms with van der Waals surface area (Å²) < 4.78 is 24.8. The maximum Gasteiger partial charge on any atom is 0.241 e. The van der Waals surface area contributed by atoms with Gasteiger partial charge in [-0.1, -0.05) is 30.3 Å². The molecule has 0 aliphatic carbocycles. The second-order valence-corrected chi connectivity index (χ2v) is 8.93. The molecule has 2 saturated heterocycles. The fourth-order valence-corrected chi connectivity index (χ4v) is 5.07. The zero-order valence-corrected chi connectivity index (χ0v) is 19.0. The number of halogens is 1. The molecule has 2 fully saturated rings. The topological polar surface area (TPSA) is 64.6 Å². The number of carbonyl (C=O) groups is 1. The maximum absolute atomic E-state index is 13.8. The van der Waals surface area contributed by atoms with Gasteiger partial charge < -0.3 is 14.4 Å². The van der Waals surface area contributed by atoms with Gasteiger partial charge in [-0.25, -0.2) is 9.37 Å². The first-order chi connectivity index (χ1) is 16.7. The fraction of sp³-hybridized carbons (Fsp3) is 0.370. The molecule has 3 heterocycles. The van der Waals surface area contributed by atoms with E-state index in [-0.39, 0.29) is 17.6 Å². The van der Waals surface area contributed by atoms with E-state index < -0.39 is 5.41 Å². The van der Waals surface area contributed by atoms with E-state index in [1.54, 1.807) is 24.5 Å². The number of aromatic nitrogens is 2. The average Bonchev–Trinajstić information content (AvgIpc) is 2.91. The van der Waals surface area contributed by atoms with Crippen LogP contribution in [0.15, 0.2) is 67.0 Å². The van der Waals surface area contributed by atoms with E-state index >= 15 is 0 Å². The van der Waals surface area contributed by atoms with Crippen LogP contribution in [0, 0.1) is 5.82 Å². The van der Waals surface area contributed by atoms with Crippen molar-refractivity contribution < 1.29 is 18.7 Å². The van der Waals surface area contributed by atoms with Crippen molar-refractivity contribution in [3.8, 4) is 11.6 Å². The van der Waals surface area contributed by atoms with Crippen LogP contribution in [-0.2, 0) is 14.9 Å². The minimum Gasteiger partial charge on any atom is -0.437 e. The Kier molecular flexibility index (Phi) is 6.54. The normalized spacial score (nSPS) is 18.4. The first-order valence-corrected chi connectivity index (χ1v) is 11.8. The summed E-state index contributed by atoms with van der Waals surface area (Å²) in [6.07, 6.45) is 6.23. The van der Waals surface area contributed by atoms with Crippen molar-refractivity contribution in [3.05, 3.63) is 84.1 Å². The van der Waals surface area contributed by atoms with Crippen molar-refractivity contribution in [2.24, 2.45) is 0 Å². The smallest absolute Gasteiger partial charge is 0.241 e. The largest absolute Gasteiger partial charge is 0.437 e. The molecule has 34 heavy (non-hydrogen) atoms. The Bertz CT molecular complexity index is 1110. The van der Waals surface area contributed by atoms with Gasteiger partial charge in [0.05, 0.1) is 5.41 Å². The van der Waals surface area contributed by atoms with Gasteiger partial charge in [0, 0.05) is 44.6 Å². The van der Waals surface area contributed by atoms with Gasteiger partial charge in [0.2, 0.25) is 11.8 Å². The number of likely N-dealkylation sites (tertiary alicyclic amines) is 1. The van der Waals surface area contributed by atoms with Gasteiger partial charge in [-0.05, 0) is 55.5 Å². The van der Waals surface area contributed by atoms with E-state index in [2.05, 4.69) is 22.1 Å². The van der Waals surface area contributed by atoms with Gasteiger partial charge >= 0.3 is 0 Å². The van der Waals surface area contributed by atoms with Gasteiger partial charge in [-0.15, -0.1) is 0 Å². The van der Waals surface area contributed by atoms with Crippen LogP contribution < -0.4 is 4.74 Å².